The van der Waals surface area contributed by atoms with E-state index in [4.69, 9.17) is 16.1 Å². The molecule has 0 aliphatic rings. The highest BCUT2D eigenvalue weighted by molar-refractivity contribution is 7.92. The van der Waals surface area contributed by atoms with Crippen molar-refractivity contribution < 1.29 is 27.2 Å². The molecule has 0 unspecified atom stereocenters. The minimum atomic E-state index is -3.44. The van der Waals surface area contributed by atoms with Crippen LogP contribution < -0.4 is 9.62 Å². The Kier molecular flexibility index (Phi) is 6.23. The molecular weight excluding hydrogens is 449 g/mol. The van der Waals surface area contributed by atoms with Crippen molar-refractivity contribution in [2.45, 2.75) is 19.9 Å². The van der Waals surface area contributed by atoms with Gasteiger partial charge in [-0.3, -0.25) is 9.62 Å². The Morgan fingerprint density at radius 1 is 1.26 bits per heavy atom. The van der Waals surface area contributed by atoms with Crippen LogP contribution in [0.15, 0.2) is 47.0 Å². The topological polar surface area (TPSA) is 113 Å². The van der Waals surface area contributed by atoms with Gasteiger partial charge in [0.15, 0.2) is 5.76 Å². The Morgan fingerprint density at radius 2 is 1.90 bits per heavy atom. The van der Waals surface area contributed by atoms with E-state index >= 15 is 0 Å². The molecule has 0 aliphatic heterocycles. The predicted molar refractivity (Wildman–Crippen MR) is 115 cm³/mol. The van der Waals surface area contributed by atoms with Gasteiger partial charge >= 0.3 is 6.09 Å². The maximum Gasteiger partial charge on any atom is 0.412 e. The van der Waals surface area contributed by atoms with E-state index < -0.39 is 28.0 Å². The van der Waals surface area contributed by atoms with Crippen LogP contribution >= 0.6 is 11.6 Å². The van der Waals surface area contributed by atoms with E-state index in [1.807, 2.05) is 0 Å². The van der Waals surface area contributed by atoms with Crippen LogP contribution in [-0.2, 0) is 10.0 Å². The number of halogens is 2. The predicted octanol–water partition coefficient (Wildman–Crippen LogP) is 5.06. The van der Waals surface area contributed by atoms with E-state index in [2.05, 4.69) is 9.88 Å². The van der Waals surface area contributed by atoms with E-state index in [1.165, 1.54) is 24.3 Å². The molecule has 1 heterocycles. The first kappa shape index (κ1) is 22.6. The number of nitrogens with zero attached hydrogens (tertiary/aromatic N) is 2. The van der Waals surface area contributed by atoms with E-state index in [-0.39, 0.29) is 16.5 Å². The molecule has 3 rings (SSSR count). The number of benzene rings is 2. The van der Waals surface area contributed by atoms with E-state index in [0.29, 0.717) is 22.5 Å². The Hall–Kier alpha value is -3.11. The van der Waals surface area contributed by atoms with Gasteiger partial charge in [0.25, 0.3) is 0 Å². The summed E-state index contributed by atoms with van der Waals surface area (Å²) >= 11 is 6.15. The standard InChI is InChI=1S/C20H19ClFN3O5S/c1-11-18(25(20(26)27)12(2)16-9-6-14(22)10-17(16)21)19(30-23-11)13-4-7-15(8-5-13)24-31(3,28)29/h4-10,12,24H,1-3H3,(H,26,27)/t12-/m1/s1. The molecule has 2 N–H and O–H groups in total. The molecule has 11 heteroatoms. The van der Waals surface area contributed by atoms with Crippen LogP contribution in [0, 0.1) is 12.7 Å². The highest BCUT2D eigenvalue weighted by atomic mass is 35.5. The number of hydrogen-bond acceptors (Lipinski definition) is 5. The second-order valence-corrected chi connectivity index (χ2v) is 9.05. The van der Waals surface area contributed by atoms with Crippen molar-refractivity contribution in [3.63, 3.8) is 0 Å². The van der Waals surface area contributed by atoms with Crippen molar-refractivity contribution in [2.24, 2.45) is 0 Å². The normalized spacial score (nSPS) is 12.4. The van der Waals surface area contributed by atoms with Gasteiger partial charge in [0.2, 0.25) is 10.0 Å². The second kappa shape index (κ2) is 8.56. The molecule has 164 valence electrons. The molecule has 1 aromatic heterocycles. The molecule has 8 nitrogen and oxygen atoms in total. The van der Waals surface area contributed by atoms with Crippen molar-refractivity contribution in [2.75, 3.05) is 15.9 Å². The van der Waals surface area contributed by atoms with Gasteiger partial charge in [-0.2, -0.15) is 0 Å². The molecule has 0 saturated carbocycles. The number of hydrogen-bond donors (Lipinski definition) is 2. The van der Waals surface area contributed by atoms with Crippen molar-refractivity contribution in [3.8, 4) is 11.3 Å². The first-order valence-electron chi connectivity index (χ1n) is 8.99. The molecular formula is C20H19ClFN3O5S. The zero-order valence-electron chi connectivity index (χ0n) is 16.8. The van der Waals surface area contributed by atoms with Gasteiger partial charge in [0.1, 0.15) is 17.2 Å². The number of amides is 1. The molecule has 0 aliphatic carbocycles. The Labute approximate surface area is 183 Å². The number of aryl methyl sites for hydroxylation is 1. The summed E-state index contributed by atoms with van der Waals surface area (Å²) < 4.78 is 44.0. The highest BCUT2D eigenvalue weighted by Gasteiger charge is 2.31. The highest BCUT2D eigenvalue weighted by Crippen LogP contribution is 2.40. The fraction of sp³-hybridized carbons (Fsp3) is 0.200. The lowest BCUT2D eigenvalue weighted by molar-refractivity contribution is 0.199. The van der Waals surface area contributed by atoms with Crippen LogP contribution in [0.1, 0.15) is 24.2 Å². The minimum absolute atomic E-state index is 0.0885. The second-order valence-electron chi connectivity index (χ2n) is 6.89. The molecule has 1 amide bonds. The zero-order valence-corrected chi connectivity index (χ0v) is 18.3. The van der Waals surface area contributed by atoms with Gasteiger partial charge in [-0.25, -0.2) is 17.6 Å². The number of rotatable bonds is 6. The third kappa shape index (κ3) is 4.97. The number of nitrogens with one attached hydrogen (secondary N) is 1. The Bertz CT molecular complexity index is 1230. The maximum atomic E-state index is 13.4. The summed E-state index contributed by atoms with van der Waals surface area (Å²) in [5, 5.41) is 13.9. The summed E-state index contributed by atoms with van der Waals surface area (Å²) in [5.74, 6) is -0.358. The Balaban J connectivity index is 2.05. The lowest BCUT2D eigenvalue weighted by Gasteiger charge is -2.27. The van der Waals surface area contributed by atoms with Crippen LogP contribution in [0.5, 0.6) is 0 Å². The van der Waals surface area contributed by atoms with Gasteiger partial charge in [0, 0.05) is 16.3 Å². The van der Waals surface area contributed by atoms with E-state index in [9.17, 15) is 22.7 Å². The van der Waals surface area contributed by atoms with E-state index in [1.54, 1.807) is 26.0 Å². The quantitative estimate of drug-likeness (QED) is 0.524. The molecule has 31 heavy (non-hydrogen) atoms. The molecule has 0 spiro atoms. The van der Waals surface area contributed by atoms with Crippen molar-refractivity contribution in [1.29, 1.82) is 0 Å². The molecule has 0 radical (unpaired) electrons. The first-order chi connectivity index (χ1) is 14.5. The van der Waals surface area contributed by atoms with Crippen molar-refractivity contribution in [3.05, 3.63) is 64.6 Å². The van der Waals surface area contributed by atoms with E-state index in [0.717, 1.165) is 17.2 Å². The fourth-order valence-electron chi connectivity index (χ4n) is 3.18. The smallest absolute Gasteiger partial charge is 0.412 e. The van der Waals surface area contributed by atoms with Crippen LogP contribution in [0.3, 0.4) is 0 Å². The van der Waals surface area contributed by atoms with Gasteiger partial charge in [0.05, 0.1) is 12.3 Å². The number of anilines is 2. The van der Waals surface area contributed by atoms with Gasteiger partial charge in [-0.1, -0.05) is 22.8 Å². The third-order valence-electron chi connectivity index (χ3n) is 4.53. The number of aromatic nitrogens is 1. The summed E-state index contributed by atoms with van der Waals surface area (Å²) in [4.78, 5) is 13.2. The monoisotopic (exact) mass is 467 g/mol. The van der Waals surface area contributed by atoms with Gasteiger partial charge in [-0.05, 0) is 55.8 Å². The lowest BCUT2D eigenvalue weighted by Crippen LogP contribution is -2.33. The first-order valence-corrected chi connectivity index (χ1v) is 11.3. The summed E-state index contributed by atoms with van der Waals surface area (Å²) in [6.07, 6.45) is -0.248. The van der Waals surface area contributed by atoms with Gasteiger partial charge in [-0.15, -0.1) is 0 Å². The van der Waals surface area contributed by atoms with Crippen LogP contribution in [0.4, 0.5) is 20.6 Å². The molecule has 1 atom stereocenters. The van der Waals surface area contributed by atoms with Crippen molar-refractivity contribution in [1.82, 2.24) is 5.16 Å². The van der Waals surface area contributed by atoms with Crippen molar-refractivity contribution >= 4 is 39.1 Å². The molecule has 3 aromatic rings. The summed E-state index contributed by atoms with van der Waals surface area (Å²) in [6.45, 7) is 3.21. The summed E-state index contributed by atoms with van der Waals surface area (Å²) in [7, 11) is -3.44. The molecule has 2 aromatic carbocycles. The van der Waals surface area contributed by atoms with Crippen LogP contribution in [0.2, 0.25) is 5.02 Å². The average molecular weight is 468 g/mol. The van der Waals surface area contributed by atoms with Gasteiger partial charge < -0.3 is 9.63 Å². The fourth-order valence-corrected chi connectivity index (χ4v) is 4.07. The maximum absolute atomic E-state index is 13.4. The summed E-state index contributed by atoms with van der Waals surface area (Å²) in [6, 6.07) is 9.14. The molecule has 0 fully saturated rings. The number of carboxylic acid groups (broad SMARTS) is 1. The molecule has 0 saturated heterocycles. The van der Waals surface area contributed by atoms with Crippen LogP contribution in [0.25, 0.3) is 11.3 Å². The molecule has 0 bridgehead atoms. The van der Waals surface area contributed by atoms with Crippen LogP contribution in [-0.4, -0.2) is 31.0 Å². The number of sulfonamides is 1. The summed E-state index contributed by atoms with van der Waals surface area (Å²) in [5.41, 5.74) is 1.75. The average Bonchev–Trinajstić information content (AvgIpc) is 3.02. The zero-order chi connectivity index (χ0) is 22.9. The SMILES string of the molecule is Cc1noc(-c2ccc(NS(C)(=O)=O)cc2)c1N(C(=O)O)[C@H](C)c1ccc(F)cc1Cl. The number of carbonyl (C=O) groups is 1. The lowest BCUT2D eigenvalue weighted by atomic mass is 10.0. The third-order valence-corrected chi connectivity index (χ3v) is 5.46. The minimum Gasteiger partial charge on any atom is -0.465 e. The largest absolute Gasteiger partial charge is 0.465 e. The Morgan fingerprint density at radius 3 is 2.45 bits per heavy atom.